The number of nitro benzene ring substituents is 2. The number of benzene rings is 3. The molecule has 0 amide bonds. The maximum Gasteiger partial charge on any atom is 0.285 e. The fourth-order valence-corrected chi connectivity index (χ4v) is 3.35. The maximum absolute atomic E-state index is 12.9. The van der Waals surface area contributed by atoms with Crippen LogP contribution < -0.4 is 5.73 Å². The van der Waals surface area contributed by atoms with Crippen LogP contribution in [0.1, 0.15) is 31.4 Å². The largest absolute Gasteiger partial charge is 0.398 e. The molecule has 2 N–H and O–H groups in total. The molecule has 3 rings (SSSR count). The Bertz CT molecular complexity index is 1660. The van der Waals surface area contributed by atoms with Crippen molar-refractivity contribution in [2.75, 3.05) is 47.0 Å². The van der Waals surface area contributed by atoms with E-state index >= 15 is 0 Å². The van der Waals surface area contributed by atoms with Crippen LogP contribution in [0.25, 0.3) is 0 Å². The van der Waals surface area contributed by atoms with E-state index in [-0.39, 0.29) is 46.7 Å². The van der Waals surface area contributed by atoms with Crippen LogP contribution in [-0.4, -0.2) is 60.9 Å². The number of nitrogen functional groups attached to an aromatic ring is 1. The maximum atomic E-state index is 12.9. The second-order valence-electron chi connectivity index (χ2n) is 10.4. The van der Waals surface area contributed by atoms with E-state index in [9.17, 15) is 33.4 Å². The summed E-state index contributed by atoms with van der Waals surface area (Å²) < 4.78 is 38.2. The topological polar surface area (TPSA) is 119 Å². The monoisotopic (exact) mass is 779 g/mol. The molecule has 0 heterocycles. The molecule has 252 valence electrons. The third kappa shape index (κ3) is 20.8. The SMILES string of the molecule is C#CCC(C)C.CN(C)CC#Cc1cc(F)ccc1N.CN(C)CC#Cc1cc(F)ccc1[N+](=O)[O-].O=[N+]([O-])c1ccc(F)cc1Br.[Zn]. The van der Waals surface area contributed by atoms with Gasteiger partial charge in [-0.15, -0.1) is 12.3 Å². The van der Waals surface area contributed by atoms with E-state index in [1.165, 1.54) is 18.2 Å². The summed E-state index contributed by atoms with van der Waals surface area (Å²) in [5, 5.41) is 20.8. The number of hydrogen-bond donors (Lipinski definition) is 1. The predicted molar refractivity (Wildman–Crippen MR) is 184 cm³/mol. The van der Waals surface area contributed by atoms with Gasteiger partial charge in [0.15, 0.2) is 0 Å². The zero-order valence-corrected chi connectivity index (χ0v) is 32.2. The molecular formula is C34H37BrF3N5O4Zn. The van der Waals surface area contributed by atoms with Gasteiger partial charge in [0.1, 0.15) is 23.0 Å². The first-order valence-corrected chi connectivity index (χ1v) is 14.6. The number of nitrogens with two attached hydrogens (primary N) is 1. The molecule has 48 heavy (non-hydrogen) atoms. The van der Waals surface area contributed by atoms with Crippen molar-refractivity contribution in [3.8, 4) is 36.0 Å². The van der Waals surface area contributed by atoms with Crippen LogP contribution in [0.4, 0.5) is 30.2 Å². The Balaban J connectivity index is 0. The van der Waals surface area contributed by atoms with E-state index in [0.29, 0.717) is 30.3 Å². The molecule has 0 saturated carbocycles. The molecule has 0 spiro atoms. The van der Waals surface area contributed by atoms with E-state index < -0.39 is 21.5 Å². The molecule has 0 atom stereocenters. The van der Waals surface area contributed by atoms with Gasteiger partial charge in [-0.1, -0.05) is 37.5 Å². The van der Waals surface area contributed by atoms with Crippen LogP contribution in [0.5, 0.6) is 0 Å². The Hall–Kier alpha value is -4.25. The molecule has 0 unspecified atom stereocenters. The van der Waals surface area contributed by atoms with Gasteiger partial charge in [0, 0.05) is 43.7 Å². The molecule has 0 bridgehead atoms. The summed E-state index contributed by atoms with van der Waals surface area (Å²) in [6.07, 6.45) is 5.88. The van der Waals surface area contributed by atoms with Crippen LogP contribution in [-0.2, 0) is 19.5 Å². The normalized spacial score (nSPS) is 9.33. The van der Waals surface area contributed by atoms with Crippen LogP contribution in [0.3, 0.4) is 0 Å². The van der Waals surface area contributed by atoms with E-state index in [2.05, 4.69) is 59.4 Å². The minimum Gasteiger partial charge on any atom is -0.398 e. The van der Waals surface area contributed by atoms with Gasteiger partial charge in [0.05, 0.1) is 33.0 Å². The first kappa shape index (κ1) is 45.9. The Morgan fingerprint density at radius 1 is 0.792 bits per heavy atom. The Morgan fingerprint density at radius 2 is 1.21 bits per heavy atom. The van der Waals surface area contributed by atoms with Crippen LogP contribution in [0.2, 0.25) is 0 Å². The van der Waals surface area contributed by atoms with Crippen LogP contribution in [0.15, 0.2) is 59.1 Å². The summed E-state index contributed by atoms with van der Waals surface area (Å²) in [6.45, 7) is 5.32. The van der Waals surface area contributed by atoms with Crippen molar-refractivity contribution in [3.05, 3.63) is 108 Å². The van der Waals surface area contributed by atoms with Crippen molar-refractivity contribution in [2.24, 2.45) is 5.92 Å². The van der Waals surface area contributed by atoms with Crippen LogP contribution >= 0.6 is 15.9 Å². The van der Waals surface area contributed by atoms with Crippen molar-refractivity contribution in [2.45, 2.75) is 20.3 Å². The number of nitro groups is 2. The summed E-state index contributed by atoms with van der Waals surface area (Å²) in [7, 11) is 7.50. The second-order valence-corrected chi connectivity index (χ2v) is 11.2. The zero-order chi connectivity index (χ0) is 36.1. The van der Waals surface area contributed by atoms with Crippen molar-refractivity contribution in [3.63, 3.8) is 0 Å². The van der Waals surface area contributed by atoms with E-state index in [1.54, 1.807) is 0 Å². The molecule has 0 saturated heterocycles. The molecule has 0 fully saturated rings. The van der Waals surface area contributed by atoms with Gasteiger partial charge in [-0.05, 0) is 92.5 Å². The Kier molecular flexibility index (Phi) is 23.8. The number of hydrogen-bond acceptors (Lipinski definition) is 7. The van der Waals surface area contributed by atoms with Crippen molar-refractivity contribution in [1.29, 1.82) is 0 Å². The number of nitrogens with zero attached hydrogens (tertiary/aromatic N) is 4. The first-order valence-electron chi connectivity index (χ1n) is 13.8. The van der Waals surface area contributed by atoms with Crippen molar-refractivity contribution >= 4 is 33.0 Å². The average molecular weight is 782 g/mol. The molecule has 9 nitrogen and oxygen atoms in total. The quantitative estimate of drug-likeness (QED) is 0.0963. The smallest absolute Gasteiger partial charge is 0.285 e. The molecule has 14 heteroatoms. The zero-order valence-electron chi connectivity index (χ0n) is 27.7. The fourth-order valence-electron chi connectivity index (χ4n) is 2.86. The molecule has 0 aliphatic heterocycles. The molecule has 3 aromatic carbocycles. The van der Waals surface area contributed by atoms with Gasteiger partial charge in [-0.2, -0.15) is 0 Å². The average Bonchev–Trinajstić information content (AvgIpc) is 2.95. The molecule has 0 aliphatic rings. The minimum atomic E-state index is -0.580. The van der Waals surface area contributed by atoms with Gasteiger partial charge in [0.25, 0.3) is 11.4 Å². The molecule has 3 aromatic rings. The summed E-state index contributed by atoms with van der Waals surface area (Å²) in [6, 6.07) is 10.6. The first-order chi connectivity index (χ1) is 22.0. The molecular weight excluding hydrogens is 745 g/mol. The number of rotatable bonds is 5. The third-order valence-electron chi connectivity index (χ3n) is 5.04. The van der Waals surface area contributed by atoms with Crippen molar-refractivity contribution < 1.29 is 42.5 Å². The van der Waals surface area contributed by atoms with Gasteiger partial charge >= 0.3 is 0 Å². The summed E-state index contributed by atoms with van der Waals surface area (Å²) >= 11 is 2.87. The van der Waals surface area contributed by atoms with Crippen molar-refractivity contribution in [1.82, 2.24) is 9.80 Å². The summed E-state index contributed by atoms with van der Waals surface area (Å²) in [4.78, 5) is 23.4. The fraction of sp³-hybridized carbons (Fsp3) is 0.294. The van der Waals surface area contributed by atoms with Gasteiger partial charge < -0.3 is 5.73 Å². The summed E-state index contributed by atoms with van der Waals surface area (Å²) in [5.74, 6) is 12.9. The second kappa shape index (κ2) is 24.9. The van der Waals surface area contributed by atoms with Gasteiger partial charge in [-0.3, -0.25) is 30.0 Å². The molecule has 0 radical (unpaired) electrons. The van der Waals surface area contributed by atoms with E-state index in [0.717, 1.165) is 42.8 Å². The molecule has 0 aromatic heterocycles. The Morgan fingerprint density at radius 3 is 1.60 bits per heavy atom. The minimum absolute atomic E-state index is 0. The standard InChI is InChI=1S/C11H11FN2O2.C11H13FN2.C6H3BrFNO2.C6H10.Zn/c1-13(2)7-3-4-9-8-10(12)5-6-11(9)14(15)16;1-14(2)7-3-4-9-8-10(12)5-6-11(9)13;7-5-3-4(8)1-2-6(5)9(10)11;1-4-5-6(2)3;/h5-6,8H,7H2,1-2H3;5-6,8H,7,13H2,1-2H3;1-3H;1,6H,5H2,2-3H3;. The van der Waals surface area contributed by atoms with Gasteiger partial charge in [0.2, 0.25) is 0 Å². The molecule has 0 aliphatic carbocycles. The van der Waals surface area contributed by atoms with Gasteiger partial charge in [-0.25, -0.2) is 13.2 Å². The number of anilines is 1. The Labute approximate surface area is 301 Å². The van der Waals surface area contributed by atoms with E-state index in [4.69, 9.17) is 12.2 Å². The third-order valence-corrected chi connectivity index (χ3v) is 5.68. The van der Waals surface area contributed by atoms with Crippen LogP contribution in [0, 0.1) is 79.6 Å². The predicted octanol–water partition coefficient (Wildman–Crippen LogP) is 7.13. The number of halogens is 4. The number of terminal acetylenes is 1. The van der Waals surface area contributed by atoms with E-state index in [1.807, 2.05) is 38.0 Å². The summed E-state index contributed by atoms with van der Waals surface area (Å²) in [5.41, 5.74) is 6.48.